The molecule has 4 aromatic rings. The third-order valence-electron chi connectivity index (χ3n) is 5.51. The summed E-state index contributed by atoms with van der Waals surface area (Å²) in [7, 11) is 3.40. The lowest BCUT2D eigenvalue weighted by Gasteiger charge is -2.32. The van der Waals surface area contributed by atoms with Gasteiger partial charge in [0, 0.05) is 45.4 Å². The first-order chi connectivity index (χ1) is 18.9. The van der Waals surface area contributed by atoms with Crippen LogP contribution in [0.2, 0.25) is 0 Å². The number of nitrogens with zero attached hydrogens (tertiary/aromatic N) is 8. The molecule has 11 nitrogen and oxygen atoms in total. The third-order valence-corrected chi connectivity index (χ3v) is 5.51. The fourth-order valence-electron chi connectivity index (χ4n) is 3.55. The quantitative estimate of drug-likeness (QED) is 0.452. The van der Waals surface area contributed by atoms with E-state index in [9.17, 15) is 4.79 Å². The van der Waals surface area contributed by atoms with E-state index in [4.69, 9.17) is 15.5 Å². The highest BCUT2D eigenvalue weighted by atomic mass is 16.5. The monoisotopic (exact) mass is 487 g/mol. The number of rotatable bonds is 5. The van der Waals surface area contributed by atoms with Crippen molar-refractivity contribution in [2.75, 3.05) is 38.4 Å². The summed E-state index contributed by atoms with van der Waals surface area (Å²) in [5.74, 6) is 0.254. The van der Waals surface area contributed by atoms with Gasteiger partial charge in [-0.15, -0.1) is 0 Å². The Kier molecular flexibility index (Phi) is 4.99. The second-order valence-electron chi connectivity index (χ2n) is 8.27. The SMILES string of the molecule is [2H]C1([2H])CN(C)CC([2H])([2H])N1C(=O)c1ccc(Nc2cc(Oc3cnc(C#N)cc3C)nc3c2ncn3C)nc1. The van der Waals surface area contributed by atoms with Gasteiger partial charge in [0.2, 0.25) is 5.88 Å². The number of likely N-dealkylation sites (N-methyl/N-ethyl adjacent to an activating group) is 1. The Morgan fingerprint density at radius 3 is 2.67 bits per heavy atom. The number of hydrogen-bond acceptors (Lipinski definition) is 9. The number of piperazine rings is 1. The molecule has 0 radical (unpaired) electrons. The van der Waals surface area contributed by atoms with Crippen LogP contribution in [0.1, 0.15) is 27.1 Å². The number of nitrogens with one attached hydrogen (secondary N) is 1. The molecular weight excluding hydrogens is 458 g/mol. The Labute approximate surface area is 213 Å². The number of amides is 1. The summed E-state index contributed by atoms with van der Waals surface area (Å²) < 4.78 is 40.8. The van der Waals surface area contributed by atoms with Gasteiger partial charge in [0.1, 0.15) is 23.1 Å². The standard InChI is InChI=1S/C25H25N9O2/c1-16-10-18(12-26)27-14-20(16)36-22-11-19(23-24(31-22)33(3)15-29-23)30-21-5-4-17(13-28-21)25(35)34-8-6-32(2)7-9-34/h4-5,10-11,13-15H,6-9H2,1-3H3,(H,28,30,31)/i8D2,9D2. The first-order valence-electron chi connectivity index (χ1n) is 13.0. The van der Waals surface area contributed by atoms with Crippen LogP contribution in [0.25, 0.3) is 11.2 Å². The van der Waals surface area contributed by atoms with Crippen LogP contribution in [0.3, 0.4) is 0 Å². The lowest BCUT2D eigenvalue weighted by Crippen LogP contribution is -2.47. The minimum absolute atomic E-state index is 0.0494. The van der Waals surface area contributed by atoms with Crippen LogP contribution in [0, 0.1) is 18.3 Å². The highest BCUT2D eigenvalue weighted by Crippen LogP contribution is 2.31. The summed E-state index contributed by atoms with van der Waals surface area (Å²) in [4.78, 5) is 32.6. The van der Waals surface area contributed by atoms with Crippen molar-refractivity contribution in [3.05, 3.63) is 59.8 Å². The highest BCUT2D eigenvalue weighted by Gasteiger charge is 2.21. The van der Waals surface area contributed by atoms with Gasteiger partial charge in [-0.1, -0.05) is 0 Å². The molecule has 0 spiro atoms. The molecule has 1 saturated heterocycles. The Hall–Kier alpha value is -4.56. The molecule has 1 N–H and O–H groups in total. The zero-order valence-electron chi connectivity index (χ0n) is 23.8. The second-order valence-corrected chi connectivity index (χ2v) is 8.27. The van der Waals surface area contributed by atoms with Crippen molar-refractivity contribution in [1.29, 1.82) is 5.26 Å². The van der Waals surface area contributed by atoms with Crippen molar-refractivity contribution < 1.29 is 15.0 Å². The third kappa shape index (κ3) is 4.67. The smallest absolute Gasteiger partial charge is 0.255 e. The Balaban J connectivity index is 1.42. The minimum atomic E-state index is -2.20. The molecule has 0 aromatic carbocycles. The average Bonchev–Trinajstić information content (AvgIpc) is 3.24. The molecule has 5 heterocycles. The van der Waals surface area contributed by atoms with E-state index in [1.807, 2.05) is 6.07 Å². The molecule has 0 bridgehead atoms. The van der Waals surface area contributed by atoms with Crippen molar-refractivity contribution in [1.82, 2.24) is 34.3 Å². The molecule has 182 valence electrons. The first kappa shape index (κ1) is 18.7. The lowest BCUT2D eigenvalue weighted by molar-refractivity contribution is 0.0663. The molecular formula is C25H25N9O2. The van der Waals surface area contributed by atoms with Crippen LogP contribution < -0.4 is 10.1 Å². The Morgan fingerprint density at radius 1 is 1.17 bits per heavy atom. The fourth-order valence-corrected chi connectivity index (χ4v) is 3.55. The molecule has 1 aliphatic heterocycles. The van der Waals surface area contributed by atoms with Gasteiger partial charge in [0.05, 0.1) is 29.3 Å². The zero-order chi connectivity index (χ0) is 28.8. The summed E-state index contributed by atoms with van der Waals surface area (Å²) >= 11 is 0. The molecule has 0 aliphatic carbocycles. The van der Waals surface area contributed by atoms with Crippen molar-refractivity contribution in [3.8, 4) is 17.7 Å². The maximum absolute atomic E-state index is 13.2. The number of ether oxygens (including phenoxy) is 1. The highest BCUT2D eigenvalue weighted by molar-refractivity contribution is 5.94. The van der Waals surface area contributed by atoms with E-state index in [0.29, 0.717) is 38.9 Å². The van der Waals surface area contributed by atoms with Crippen molar-refractivity contribution in [3.63, 3.8) is 0 Å². The van der Waals surface area contributed by atoms with E-state index in [1.54, 1.807) is 50.1 Å². The van der Waals surface area contributed by atoms with Crippen LogP contribution in [0.5, 0.6) is 11.6 Å². The van der Waals surface area contributed by atoms with Crippen LogP contribution in [-0.2, 0) is 7.05 Å². The van der Waals surface area contributed by atoms with Crippen LogP contribution in [0.4, 0.5) is 11.5 Å². The molecule has 0 saturated carbocycles. The summed E-state index contributed by atoms with van der Waals surface area (Å²) in [5, 5.41) is 12.2. The topological polar surface area (TPSA) is 125 Å². The number of carbonyl (C=O) groups is 1. The number of hydrogen-bond donors (Lipinski definition) is 1. The summed E-state index contributed by atoms with van der Waals surface area (Å²) in [5.41, 5.74) is 2.64. The van der Waals surface area contributed by atoms with Crippen molar-refractivity contribution in [2.24, 2.45) is 7.05 Å². The van der Waals surface area contributed by atoms with Gasteiger partial charge >= 0.3 is 0 Å². The molecule has 5 rings (SSSR count). The van der Waals surface area contributed by atoms with Gasteiger partial charge < -0.3 is 24.4 Å². The summed E-state index contributed by atoms with van der Waals surface area (Å²) in [6.07, 6.45) is 4.34. The Bertz CT molecular complexity index is 1630. The number of carbonyl (C=O) groups excluding carboxylic acids is 1. The molecule has 4 aromatic heterocycles. The van der Waals surface area contributed by atoms with E-state index < -0.39 is 18.9 Å². The molecule has 1 aliphatic rings. The molecule has 1 amide bonds. The predicted molar refractivity (Wildman–Crippen MR) is 133 cm³/mol. The Morgan fingerprint density at radius 2 is 1.97 bits per heavy atom. The predicted octanol–water partition coefficient (Wildman–Crippen LogP) is 2.86. The zero-order valence-corrected chi connectivity index (χ0v) is 19.8. The van der Waals surface area contributed by atoms with Crippen molar-refractivity contribution >= 4 is 28.6 Å². The minimum Gasteiger partial charge on any atom is -0.437 e. The maximum Gasteiger partial charge on any atom is 0.255 e. The molecule has 0 unspecified atom stereocenters. The van der Waals surface area contributed by atoms with Crippen LogP contribution in [-0.4, -0.2) is 73.3 Å². The number of aromatic nitrogens is 5. The van der Waals surface area contributed by atoms with Gasteiger partial charge in [0.25, 0.3) is 5.91 Å². The number of aryl methyl sites for hydroxylation is 2. The largest absolute Gasteiger partial charge is 0.437 e. The molecule has 11 heteroatoms. The van der Waals surface area contributed by atoms with E-state index in [2.05, 4.69) is 25.3 Å². The van der Waals surface area contributed by atoms with Gasteiger partial charge in [-0.25, -0.2) is 15.0 Å². The number of pyridine rings is 3. The fraction of sp³-hybridized carbons (Fsp3) is 0.280. The van der Waals surface area contributed by atoms with Gasteiger partial charge in [-0.2, -0.15) is 10.2 Å². The van der Waals surface area contributed by atoms with Crippen LogP contribution >= 0.6 is 0 Å². The number of anilines is 2. The first-order valence-corrected chi connectivity index (χ1v) is 11.0. The number of imidazole rings is 1. The van der Waals surface area contributed by atoms with E-state index >= 15 is 0 Å². The normalized spacial score (nSPS) is 18.4. The molecule has 1 fully saturated rings. The maximum atomic E-state index is 13.2. The van der Waals surface area contributed by atoms with E-state index in [0.717, 1.165) is 0 Å². The summed E-state index contributed by atoms with van der Waals surface area (Å²) in [6.45, 7) is -2.84. The lowest BCUT2D eigenvalue weighted by atomic mass is 10.2. The van der Waals surface area contributed by atoms with Crippen molar-refractivity contribution in [2.45, 2.75) is 6.92 Å². The van der Waals surface area contributed by atoms with Gasteiger partial charge in [-0.3, -0.25) is 4.79 Å². The second kappa shape index (κ2) is 9.59. The van der Waals surface area contributed by atoms with E-state index in [-0.39, 0.29) is 30.2 Å². The number of fused-ring (bicyclic) bond motifs is 1. The van der Waals surface area contributed by atoms with Gasteiger partial charge in [-0.05, 0) is 37.7 Å². The van der Waals surface area contributed by atoms with E-state index in [1.165, 1.54) is 23.4 Å². The average molecular weight is 488 g/mol. The molecule has 0 atom stereocenters. The summed E-state index contributed by atoms with van der Waals surface area (Å²) in [6, 6.07) is 8.24. The van der Waals surface area contributed by atoms with Crippen LogP contribution in [0.15, 0.2) is 43.0 Å². The molecule has 36 heavy (non-hydrogen) atoms. The van der Waals surface area contributed by atoms with Gasteiger partial charge in [0.15, 0.2) is 11.4 Å². The number of nitriles is 1.